The van der Waals surface area contributed by atoms with Gasteiger partial charge in [0.1, 0.15) is 0 Å². The number of carbonyl (C=O) groups is 1. The Bertz CT molecular complexity index is 197. The summed E-state index contributed by atoms with van der Waals surface area (Å²) in [6.07, 6.45) is 4.80. The van der Waals surface area contributed by atoms with Gasteiger partial charge in [-0.2, -0.15) is 0 Å². The van der Waals surface area contributed by atoms with E-state index in [-0.39, 0.29) is 12.1 Å². The van der Waals surface area contributed by atoms with Gasteiger partial charge in [0.05, 0.1) is 6.10 Å². The molecule has 0 rings (SSSR count). The third kappa shape index (κ3) is 7.12. The van der Waals surface area contributed by atoms with Crippen LogP contribution in [0.25, 0.3) is 0 Å². The summed E-state index contributed by atoms with van der Waals surface area (Å²) in [4.78, 5) is 12.8. The average Bonchev–Trinajstić information content (AvgIpc) is 2.02. The Morgan fingerprint density at radius 3 is 2.69 bits per heavy atom. The van der Waals surface area contributed by atoms with E-state index < -0.39 is 0 Å². The van der Waals surface area contributed by atoms with Gasteiger partial charge in [0.25, 0.3) is 0 Å². The summed E-state index contributed by atoms with van der Waals surface area (Å²) in [7, 11) is 1.88. The third-order valence-corrected chi connectivity index (χ3v) is 1.31. The highest BCUT2D eigenvalue weighted by atomic mass is 16.5. The molecule has 0 saturated heterocycles. The van der Waals surface area contributed by atoms with E-state index >= 15 is 0 Å². The van der Waals surface area contributed by atoms with Crippen LogP contribution in [0.5, 0.6) is 0 Å². The fourth-order valence-corrected chi connectivity index (χ4v) is 0.661. The number of hydrogen-bond acceptors (Lipinski definition) is 3. The summed E-state index contributed by atoms with van der Waals surface area (Å²) >= 11 is 0. The molecule has 0 heterocycles. The Hall–Kier alpha value is -1.25. The SMILES string of the molecule is C=CN(C)C/C=C/C(=O)OC(C)C. The van der Waals surface area contributed by atoms with E-state index in [4.69, 9.17) is 4.74 Å². The molecule has 0 aliphatic heterocycles. The van der Waals surface area contributed by atoms with Gasteiger partial charge in [-0.15, -0.1) is 0 Å². The molecular weight excluding hydrogens is 166 g/mol. The van der Waals surface area contributed by atoms with E-state index in [0.717, 1.165) is 0 Å². The van der Waals surface area contributed by atoms with Crippen molar-refractivity contribution in [3.63, 3.8) is 0 Å². The second-order valence-corrected chi connectivity index (χ2v) is 3.01. The van der Waals surface area contributed by atoms with Crippen molar-refractivity contribution in [3.05, 3.63) is 24.9 Å². The first-order valence-corrected chi connectivity index (χ1v) is 4.26. The molecule has 0 aromatic rings. The minimum absolute atomic E-state index is 0.0608. The topological polar surface area (TPSA) is 29.5 Å². The molecule has 74 valence electrons. The molecule has 3 nitrogen and oxygen atoms in total. The van der Waals surface area contributed by atoms with Gasteiger partial charge in [-0.1, -0.05) is 12.7 Å². The monoisotopic (exact) mass is 183 g/mol. The fraction of sp³-hybridized carbons (Fsp3) is 0.500. The van der Waals surface area contributed by atoms with Gasteiger partial charge in [-0.25, -0.2) is 4.79 Å². The molecule has 0 fully saturated rings. The molecule has 3 heteroatoms. The highest BCUT2D eigenvalue weighted by Crippen LogP contribution is 1.91. The van der Waals surface area contributed by atoms with Crippen LogP contribution in [0.3, 0.4) is 0 Å². The first kappa shape index (κ1) is 11.8. The quantitative estimate of drug-likeness (QED) is 0.478. The van der Waals surface area contributed by atoms with E-state index in [9.17, 15) is 4.79 Å². The minimum Gasteiger partial charge on any atom is -0.460 e. The summed E-state index contributed by atoms with van der Waals surface area (Å²) in [5.74, 6) is -0.299. The van der Waals surface area contributed by atoms with Gasteiger partial charge in [0, 0.05) is 19.7 Å². The maximum atomic E-state index is 11.0. The second-order valence-electron chi connectivity index (χ2n) is 3.01. The number of nitrogens with zero attached hydrogens (tertiary/aromatic N) is 1. The first-order chi connectivity index (χ1) is 6.06. The van der Waals surface area contributed by atoms with Crippen molar-refractivity contribution in [2.45, 2.75) is 20.0 Å². The van der Waals surface area contributed by atoms with Crippen molar-refractivity contribution in [1.29, 1.82) is 0 Å². The first-order valence-electron chi connectivity index (χ1n) is 4.26. The molecule has 0 amide bonds. The number of esters is 1. The molecule has 0 aliphatic rings. The van der Waals surface area contributed by atoms with Crippen molar-refractivity contribution >= 4 is 5.97 Å². The predicted molar refractivity (Wildman–Crippen MR) is 53.2 cm³/mol. The van der Waals surface area contributed by atoms with E-state index in [1.807, 2.05) is 25.8 Å². The molecule has 0 radical (unpaired) electrons. The molecule has 0 saturated carbocycles. The third-order valence-electron chi connectivity index (χ3n) is 1.31. The zero-order valence-electron chi connectivity index (χ0n) is 8.49. The second kappa shape index (κ2) is 6.29. The van der Waals surface area contributed by atoms with Gasteiger partial charge < -0.3 is 9.64 Å². The van der Waals surface area contributed by atoms with E-state index in [0.29, 0.717) is 6.54 Å². The lowest BCUT2D eigenvalue weighted by molar-refractivity contribution is -0.141. The Kier molecular flexibility index (Phi) is 5.68. The van der Waals surface area contributed by atoms with Gasteiger partial charge >= 0.3 is 5.97 Å². The molecule has 0 aromatic heterocycles. The van der Waals surface area contributed by atoms with E-state index in [1.165, 1.54) is 6.08 Å². The molecule has 0 aliphatic carbocycles. The van der Waals surface area contributed by atoms with Gasteiger partial charge in [-0.05, 0) is 20.0 Å². The highest BCUT2D eigenvalue weighted by molar-refractivity contribution is 5.82. The standard InChI is InChI=1S/C10H17NO2/c1-5-11(4)8-6-7-10(12)13-9(2)3/h5-7,9H,1,8H2,2-4H3/b7-6+. The van der Waals surface area contributed by atoms with Gasteiger partial charge in [-0.3, -0.25) is 0 Å². The highest BCUT2D eigenvalue weighted by Gasteiger charge is 1.98. The Labute approximate surface area is 79.7 Å². The summed E-state index contributed by atoms with van der Waals surface area (Å²) in [6.45, 7) is 7.89. The van der Waals surface area contributed by atoms with Gasteiger partial charge in [0.2, 0.25) is 0 Å². The van der Waals surface area contributed by atoms with E-state index in [2.05, 4.69) is 6.58 Å². The molecule has 0 bridgehead atoms. The number of ether oxygens (including phenoxy) is 1. The predicted octanol–water partition coefficient (Wildman–Crippen LogP) is 1.57. The summed E-state index contributed by atoms with van der Waals surface area (Å²) < 4.78 is 4.90. The van der Waals surface area contributed by atoms with Crippen LogP contribution >= 0.6 is 0 Å². The Morgan fingerprint density at radius 2 is 2.23 bits per heavy atom. The van der Waals surface area contributed by atoms with Crippen LogP contribution in [0.2, 0.25) is 0 Å². The lowest BCUT2D eigenvalue weighted by Gasteiger charge is -2.08. The largest absolute Gasteiger partial charge is 0.460 e. The summed E-state index contributed by atoms with van der Waals surface area (Å²) in [5.41, 5.74) is 0. The van der Waals surface area contributed by atoms with Crippen LogP contribution in [0, 0.1) is 0 Å². The van der Waals surface area contributed by atoms with Crippen LogP contribution in [0.1, 0.15) is 13.8 Å². The normalized spacial score (nSPS) is 10.5. The van der Waals surface area contributed by atoms with Crippen LogP contribution in [0.15, 0.2) is 24.9 Å². The number of carbonyl (C=O) groups excluding carboxylic acids is 1. The molecule has 0 atom stereocenters. The van der Waals surface area contributed by atoms with E-state index in [1.54, 1.807) is 12.3 Å². The maximum absolute atomic E-state index is 11.0. The Morgan fingerprint density at radius 1 is 1.62 bits per heavy atom. The zero-order chi connectivity index (χ0) is 10.3. The number of rotatable bonds is 5. The van der Waals surface area contributed by atoms with Crippen molar-refractivity contribution in [1.82, 2.24) is 4.90 Å². The van der Waals surface area contributed by atoms with Crippen molar-refractivity contribution in [2.75, 3.05) is 13.6 Å². The van der Waals surface area contributed by atoms with Crippen molar-refractivity contribution in [2.24, 2.45) is 0 Å². The molecule has 0 spiro atoms. The smallest absolute Gasteiger partial charge is 0.330 e. The van der Waals surface area contributed by atoms with Crippen LogP contribution in [-0.2, 0) is 9.53 Å². The molecule has 0 unspecified atom stereocenters. The van der Waals surface area contributed by atoms with Crippen molar-refractivity contribution < 1.29 is 9.53 Å². The summed E-state index contributed by atoms with van der Waals surface area (Å²) in [6, 6.07) is 0. The van der Waals surface area contributed by atoms with Crippen LogP contribution in [0.4, 0.5) is 0 Å². The lowest BCUT2D eigenvalue weighted by Crippen LogP contribution is -2.11. The Balaban J connectivity index is 3.71. The lowest BCUT2D eigenvalue weighted by atomic mass is 10.4. The number of hydrogen-bond donors (Lipinski definition) is 0. The minimum atomic E-state index is -0.299. The zero-order valence-corrected chi connectivity index (χ0v) is 8.49. The molecule has 0 N–H and O–H groups in total. The van der Waals surface area contributed by atoms with Gasteiger partial charge in [0.15, 0.2) is 0 Å². The summed E-state index contributed by atoms with van der Waals surface area (Å²) in [5, 5.41) is 0. The fourth-order valence-electron chi connectivity index (χ4n) is 0.661. The molecule has 13 heavy (non-hydrogen) atoms. The average molecular weight is 183 g/mol. The van der Waals surface area contributed by atoms with Crippen molar-refractivity contribution in [3.8, 4) is 0 Å². The van der Waals surface area contributed by atoms with Crippen LogP contribution in [-0.4, -0.2) is 30.6 Å². The van der Waals surface area contributed by atoms with Crippen LogP contribution < -0.4 is 0 Å². The molecule has 0 aromatic carbocycles. The number of likely N-dealkylation sites (N-methyl/N-ethyl adjacent to an activating group) is 1. The molecular formula is C10H17NO2. The maximum Gasteiger partial charge on any atom is 0.330 e.